The largest absolute Gasteiger partial charge is 0.497 e. The Morgan fingerprint density at radius 3 is 2.47 bits per heavy atom. The molecule has 5 heteroatoms. The fourth-order valence-electron chi connectivity index (χ4n) is 1.90. The van der Waals surface area contributed by atoms with E-state index in [1.807, 2.05) is 35.8 Å². The first-order valence-electron chi connectivity index (χ1n) is 5.87. The van der Waals surface area contributed by atoms with Gasteiger partial charge in [-0.25, -0.2) is 0 Å². The van der Waals surface area contributed by atoms with E-state index in [1.165, 1.54) is 11.3 Å². The summed E-state index contributed by atoms with van der Waals surface area (Å²) in [7, 11) is 1.65. The van der Waals surface area contributed by atoms with Crippen LogP contribution in [0.5, 0.6) is 5.75 Å². The molecule has 0 atom stereocenters. The predicted octanol–water partition coefficient (Wildman–Crippen LogP) is 3.85. The molecule has 0 aliphatic heterocycles. The number of rotatable bonds is 4. The summed E-state index contributed by atoms with van der Waals surface area (Å²) in [6, 6.07) is 7.86. The maximum atomic E-state index is 11.5. The average molecular weight is 293 g/mol. The minimum absolute atomic E-state index is 0.0714. The Hall–Kier alpha value is -1.46. The number of ketones is 1. The van der Waals surface area contributed by atoms with Gasteiger partial charge in [-0.3, -0.25) is 4.79 Å². The number of Topliss-reactive ketones (excluding diaryl/α,β-unsaturated/α-hetero) is 1. The number of ether oxygens (including phenoxy) is 1. The highest BCUT2D eigenvalue weighted by Gasteiger charge is 2.12. The summed E-state index contributed by atoms with van der Waals surface area (Å²) >= 11 is 6.71. The Balaban J connectivity index is 2.32. The van der Waals surface area contributed by atoms with Gasteiger partial charge in [0.05, 0.1) is 12.0 Å². The fraction of sp³-hybridized carbons (Fsp3) is 0.286. The molecular formula is C14H15NO2S2. The van der Waals surface area contributed by atoms with E-state index in [2.05, 4.69) is 0 Å². The molecule has 2 aromatic rings. The summed E-state index contributed by atoms with van der Waals surface area (Å²) in [6.07, 6.45) is 0. The summed E-state index contributed by atoms with van der Waals surface area (Å²) in [5.74, 6) is 0.904. The zero-order chi connectivity index (χ0) is 14.0. The number of benzene rings is 1. The molecule has 3 nitrogen and oxygen atoms in total. The number of nitrogens with zero attached hydrogens (tertiary/aromatic N) is 1. The highest BCUT2D eigenvalue weighted by molar-refractivity contribution is 7.73. The lowest BCUT2D eigenvalue weighted by molar-refractivity contribution is 0.102. The van der Waals surface area contributed by atoms with E-state index in [1.54, 1.807) is 14.0 Å². The lowest BCUT2D eigenvalue weighted by atomic mass is 10.2. The highest BCUT2D eigenvalue weighted by Crippen LogP contribution is 2.21. The Labute approximate surface area is 121 Å². The van der Waals surface area contributed by atoms with Crippen LogP contribution in [0.1, 0.15) is 27.9 Å². The molecule has 0 aliphatic rings. The van der Waals surface area contributed by atoms with Gasteiger partial charge in [0.25, 0.3) is 0 Å². The number of hydrogen-bond acceptors (Lipinski definition) is 4. The molecule has 0 aliphatic carbocycles. The minimum Gasteiger partial charge on any atom is -0.497 e. The minimum atomic E-state index is 0.0714. The number of carbonyl (C=O) groups is 1. The van der Waals surface area contributed by atoms with Gasteiger partial charge in [-0.15, -0.1) is 11.3 Å². The molecular weight excluding hydrogens is 278 g/mol. The van der Waals surface area contributed by atoms with Crippen LogP contribution in [0.15, 0.2) is 24.3 Å². The standard InChI is InChI=1S/C14H15NO2S2/c1-9-13(10(2)16)19-14(18)15(9)8-11-4-6-12(17-3)7-5-11/h4-7H,8H2,1-3H3. The molecule has 19 heavy (non-hydrogen) atoms. The van der Waals surface area contributed by atoms with Gasteiger partial charge in [0.15, 0.2) is 9.74 Å². The molecule has 100 valence electrons. The SMILES string of the molecule is COc1ccc(Cn2c(C)c(C(C)=O)sc2=S)cc1. The molecule has 0 unspecified atom stereocenters. The van der Waals surface area contributed by atoms with Crippen LogP contribution < -0.4 is 4.74 Å². The van der Waals surface area contributed by atoms with Crippen LogP contribution in [-0.2, 0) is 6.54 Å². The van der Waals surface area contributed by atoms with Crippen LogP contribution >= 0.6 is 23.6 Å². The smallest absolute Gasteiger partial charge is 0.171 e. The van der Waals surface area contributed by atoms with Crippen LogP contribution in [0.2, 0.25) is 0 Å². The molecule has 0 saturated carbocycles. The van der Waals surface area contributed by atoms with Crippen LogP contribution in [-0.4, -0.2) is 17.5 Å². The van der Waals surface area contributed by atoms with Gasteiger partial charge < -0.3 is 9.30 Å². The lowest BCUT2D eigenvalue weighted by Gasteiger charge is -2.07. The second-order valence-electron chi connectivity index (χ2n) is 4.27. The van der Waals surface area contributed by atoms with Crippen molar-refractivity contribution in [3.8, 4) is 5.75 Å². The Kier molecular flexibility index (Phi) is 4.17. The zero-order valence-electron chi connectivity index (χ0n) is 11.1. The summed E-state index contributed by atoms with van der Waals surface area (Å²) < 4.78 is 7.87. The normalized spacial score (nSPS) is 10.5. The summed E-state index contributed by atoms with van der Waals surface area (Å²) in [5.41, 5.74) is 2.08. The number of thiazole rings is 1. The van der Waals surface area contributed by atoms with Crippen molar-refractivity contribution >= 4 is 29.3 Å². The Morgan fingerprint density at radius 1 is 1.37 bits per heavy atom. The zero-order valence-corrected chi connectivity index (χ0v) is 12.7. The highest BCUT2D eigenvalue weighted by atomic mass is 32.1. The average Bonchev–Trinajstić information content (AvgIpc) is 2.68. The number of hydrogen-bond donors (Lipinski definition) is 0. The summed E-state index contributed by atoms with van der Waals surface area (Å²) in [6.45, 7) is 4.19. The number of aromatic nitrogens is 1. The van der Waals surface area contributed by atoms with Crippen LogP contribution in [0.3, 0.4) is 0 Å². The topological polar surface area (TPSA) is 31.2 Å². The van der Waals surface area contributed by atoms with E-state index in [0.717, 1.165) is 25.8 Å². The molecule has 0 N–H and O–H groups in total. The first kappa shape index (κ1) is 14.0. The third-order valence-corrected chi connectivity index (χ3v) is 4.62. The van der Waals surface area contributed by atoms with Crippen molar-refractivity contribution in [2.45, 2.75) is 20.4 Å². The van der Waals surface area contributed by atoms with Gasteiger partial charge in [0, 0.05) is 19.2 Å². The second kappa shape index (κ2) is 5.67. The van der Waals surface area contributed by atoms with E-state index < -0.39 is 0 Å². The van der Waals surface area contributed by atoms with Gasteiger partial charge in [0.2, 0.25) is 0 Å². The van der Waals surface area contributed by atoms with Crippen LogP contribution in [0.25, 0.3) is 0 Å². The van der Waals surface area contributed by atoms with Crippen molar-refractivity contribution in [1.29, 1.82) is 0 Å². The molecule has 0 bridgehead atoms. The molecule has 1 heterocycles. The van der Waals surface area contributed by atoms with Crippen LogP contribution in [0, 0.1) is 10.9 Å². The van der Waals surface area contributed by atoms with Gasteiger partial charge in [-0.2, -0.15) is 0 Å². The third-order valence-electron chi connectivity index (χ3n) is 2.96. The van der Waals surface area contributed by atoms with Gasteiger partial charge in [0.1, 0.15) is 5.75 Å². The van der Waals surface area contributed by atoms with Gasteiger partial charge >= 0.3 is 0 Å². The van der Waals surface area contributed by atoms with Crippen LogP contribution in [0.4, 0.5) is 0 Å². The molecule has 0 amide bonds. The summed E-state index contributed by atoms with van der Waals surface area (Å²) in [5, 5.41) is 0. The molecule has 1 aromatic heterocycles. The van der Waals surface area contributed by atoms with Gasteiger partial charge in [-0.1, -0.05) is 12.1 Å². The summed E-state index contributed by atoms with van der Waals surface area (Å²) in [4.78, 5) is 12.3. The molecule has 2 rings (SSSR count). The fourth-order valence-corrected chi connectivity index (χ4v) is 3.24. The van der Waals surface area contributed by atoms with Crippen molar-refractivity contribution in [2.24, 2.45) is 0 Å². The molecule has 0 saturated heterocycles. The molecule has 0 radical (unpaired) electrons. The quantitative estimate of drug-likeness (QED) is 0.634. The van der Waals surface area contributed by atoms with Gasteiger partial charge in [-0.05, 0) is 36.8 Å². The first-order chi connectivity index (χ1) is 9.02. The van der Waals surface area contributed by atoms with E-state index in [-0.39, 0.29) is 5.78 Å². The number of carbonyl (C=O) groups excluding carboxylic acids is 1. The molecule has 0 fully saturated rings. The van der Waals surface area contributed by atoms with E-state index in [4.69, 9.17) is 17.0 Å². The van der Waals surface area contributed by atoms with Crippen molar-refractivity contribution < 1.29 is 9.53 Å². The second-order valence-corrected chi connectivity index (χ2v) is 5.92. The van der Waals surface area contributed by atoms with E-state index in [9.17, 15) is 4.79 Å². The van der Waals surface area contributed by atoms with E-state index in [0.29, 0.717) is 6.54 Å². The van der Waals surface area contributed by atoms with Crippen molar-refractivity contribution in [3.63, 3.8) is 0 Å². The molecule has 1 aromatic carbocycles. The Bertz CT molecular complexity index is 653. The van der Waals surface area contributed by atoms with E-state index >= 15 is 0 Å². The predicted molar refractivity (Wildman–Crippen MR) is 80.0 cm³/mol. The molecule has 0 spiro atoms. The first-order valence-corrected chi connectivity index (χ1v) is 7.09. The number of methoxy groups -OCH3 is 1. The third kappa shape index (κ3) is 2.93. The Morgan fingerprint density at radius 2 is 2.00 bits per heavy atom. The monoisotopic (exact) mass is 293 g/mol. The lowest BCUT2D eigenvalue weighted by Crippen LogP contribution is -2.03. The van der Waals surface area contributed by atoms with Crippen molar-refractivity contribution in [1.82, 2.24) is 4.57 Å². The van der Waals surface area contributed by atoms with Crippen molar-refractivity contribution in [2.75, 3.05) is 7.11 Å². The maximum Gasteiger partial charge on any atom is 0.171 e. The van der Waals surface area contributed by atoms with Crippen molar-refractivity contribution in [3.05, 3.63) is 44.4 Å². The maximum absolute atomic E-state index is 11.5.